The minimum absolute atomic E-state index is 0.0976. The molecule has 1 aliphatic heterocycles. The van der Waals surface area contributed by atoms with Crippen LogP contribution in [0, 0.1) is 22.0 Å². The molecule has 5 nitrogen and oxygen atoms in total. The van der Waals surface area contributed by atoms with Crippen molar-refractivity contribution in [3.63, 3.8) is 0 Å². The Bertz CT molecular complexity index is 495. The standard InChI is InChI=1S/C14H20ClN3O2/c1-10-4-5-17(9-12(10)7-16)8-11-2-3-13(15)6-14(11)18(19)20/h2-3,6,10,12H,4-5,7-9,16H2,1H3. The summed E-state index contributed by atoms with van der Waals surface area (Å²) in [7, 11) is 0. The first-order valence-corrected chi connectivity index (χ1v) is 7.24. The van der Waals surface area contributed by atoms with E-state index in [9.17, 15) is 10.1 Å². The molecule has 0 aliphatic carbocycles. The van der Waals surface area contributed by atoms with Crippen molar-refractivity contribution in [2.75, 3.05) is 19.6 Å². The fraction of sp³-hybridized carbons (Fsp3) is 0.571. The van der Waals surface area contributed by atoms with Crippen molar-refractivity contribution in [2.24, 2.45) is 17.6 Å². The summed E-state index contributed by atoms with van der Waals surface area (Å²) >= 11 is 5.83. The second kappa shape index (κ2) is 6.52. The molecule has 1 heterocycles. The van der Waals surface area contributed by atoms with E-state index in [-0.39, 0.29) is 10.6 Å². The van der Waals surface area contributed by atoms with Gasteiger partial charge in [-0.05, 0) is 43.5 Å². The topological polar surface area (TPSA) is 72.4 Å². The third-order valence-electron chi connectivity index (χ3n) is 4.14. The lowest BCUT2D eigenvalue weighted by Crippen LogP contribution is -2.42. The minimum Gasteiger partial charge on any atom is -0.330 e. The number of piperidine rings is 1. The lowest BCUT2D eigenvalue weighted by atomic mass is 9.87. The van der Waals surface area contributed by atoms with Crippen molar-refractivity contribution in [1.82, 2.24) is 4.90 Å². The molecule has 2 N–H and O–H groups in total. The Morgan fingerprint density at radius 3 is 2.95 bits per heavy atom. The Labute approximate surface area is 123 Å². The number of hydrogen-bond donors (Lipinski definition) is 1. The Morgan fingerprint density at radius 2 is 2.30 bits per heavy atom. The molecule has 1 fully saturated rings. The van der Waals surface area contributed by atoms with Gasteiger partial charge < -0.3 is 5.73 Å². The summed E-state index contributed by atoms with van der Waals surface area (Å²) in [6.45, 7) is 5.32. The number of nitro benzene ring substituents is 1. The third kappa shape index (κ3) is 3.48. The fourth-order valence-corrected chi connectivity index (χ4v) is 2.92. The highest BCUT2D eigenvalue weighted by Gasteiger charge is 2.26. The van der Waals surface area contributed by atoms with Crippen molar-refractivity contribution in [2.45, 2.75) is 19.9 Å². The molecular formula is C14H20ClN3O2. The number of nitrogens with zero attached hydrogens (tertiary/aromatic N) is 2. The predicted molar refractivity (Wildman–Crippen MR) is 79.7 cm³/mol. The summed E-state index contributed by atoms with van der Waals surface area (Å²) in [5.74, 6) is 1.09. The molecule has 0 amide bonds. The first-order chi connectivity index (χ1) is 9.51. The SMILES string of the molecule is CC1CCN(Cc2ccc(Cl)cc2[N+](=O)[O-])CC1CN. The fourth-order valence-electron chi connectivity index (χ4n) is 2.76. The summed E-state index contributed by atoms with van der Waals surface area (Å²) in [5.41, 5.74) is 6.61. The van der Waals surface area contributed by atoms with E-state index in [1.807, 2.05) is 0 Å². The Morgan fingerprint density at radius 1 is 1.55 bits per heavy atom. The van der Waals surface area contributed by atoms with Gasteiger partial charge in [0.1, 0.15) is 0 Å². The quantitative estimate of drug-likeness (QED) is 0.685. The highest BCUT2D eigenvalue weighted by molar-refractivity contribution is 6.30. The Balaban J connectivity index is 2.12. The highest BCUT2D eigenvalue weighted by atomic mass is 35.5. The highest BCUT2D eigenvalue weighted by Crippen LogP contribution is 2.28. The third-order valence-corrected chi connectivity index (χ3v) is 4.37. The van der Waals surface area contributed by atoms with Gasteiger partial charge >= 0.3 is 0 Å². The smallest absolute Gasteiger partial charge is 0.275 e. The molecule has 1 aromatic carbocycles. The second-order valence-corrected chi connectivity index (χ2v) is 5.96. The molecule has 2 unspecified atom stereocenters. The molecule has 0 bridgehead atoms. The number of halogens is 1. The van der Waals surface area contributed by atoms with Crippen molar-refractivity contribution in [3.05, 3.63) is 38.9 Å². The summed E-state index contributed by atoms with van der Waals surface area (Å²) in [5, 5.41) is 11.5. The van der Waals surface area contributed by atoms with Gasteiger partial charge in [-0.25, -0.2) is 0 Å². The molecule has 0 aromatic heterocycles. The first-order valence-electron chi connectivity index (χ1n) is 6.86. The van der Waals surface area contributed by atoms with E-state index < -0.39 is 0 Å². The maximum Gasteiger partial charge on any atom is 0.275 e. The molecular weight excluding hydrogens is 278 g/mol. The van der Waals surface area contributed by atoms with Gasteiger partial charge in [-0.3, -0.25) is 15.0 Å². The van der Waals surface area contributed by atoms with Gasteiger partial charge in [0.15, 0.2) is 0 Å². The van der Waals surface area contributed by atoms with Gasteiger partial charge in [0.25, 0.3) is 5.69 Å². The van der Waals surface area contributed by atoms with Gasteiger partial charge in [-0.1, -0.05) is 18.5 Å². The zero-order valence-electron chi connectivity index (χ0n) is 11.6. The number of benzene rings is 1. The van der Waals surface area contributed by atoms with Gasteiger partial charge in [0.05, 0.1) is 4.92 Å². The molecule has 1 aliphatic rings. The lowest BCUT2D eigenvalue weighted by molar-refractivity contribution is -0.385. The predicted octanol–water partition coefficient (Wildman–Crippen LogP) is 2.66. The van der Waals surface area contributed by atoms with Crippen molar-refractivity contribution >= 4 is 17.3 Å². The molecule has 20 heavy (non-hydrogen) atoms. The van der Waals surface area contributed by atoms with Crippen LogP contribution >= 0.6 is 11.6 Å². The van der Waals surface area contributed by atoms with Crippen LogP contribution in [-0.2, 0) is 6.54 Å². The molecule has 0 saturated carbocycles. The molecule has 0 spiro atoms. The van der Waals surface area contributed by atoms with E-state index in [1.54, 1.807) is 12.1 Å². The van der Waals surface area contributed by atoms with E-state index in [0.717, 1.165) is 19.5 Å². The summed E-state index contributed by atoms with van der Waals surface area (Å²) in [6.07, 6.45) is 1.09. The molecule has 6 heteroatoms. The number of nitrogens with two attached hydrogens (primary N) is 1. The van der Waals surface area contributed by atoms with Crippen LogP contribution in [-0.4, -0.2) is 29.5 Å². The van der Waals surface area contributed by atoms with E-state index in [4.69, 9.17) is 17.3 Å². The zero-order valence-corrected chi connectivity index (χ0v) is 12.3. The van der Waals surface area contributed by atoms with Gasteiger partial charge in [0.2, 0.25) is 0 Å². The largest absolute Gasteiger partial charge is 0.330 e. The van der Waals surface area contributed by atoms with Gasteiger partial charge in [-0.15, -0.1) is 0 Å². The molecule has 1 aromatic rings. The Kier molecular flexibility index (Phi) is 4.96. The number of nitro groups is 1. The number of hydrogen-bond acceptors (Lipinski definition) is 4. The van der Waals surface area contributed by atoms with Crippen LogP contribution in [0.4, 0.5) is 5.69 Å². The van der Waals surface area contributed by atoms with Gasteiger partial charge in [-0.2, -0.15) is 0 Å². The maximum absolute atomic E-state index is 11.1. The molecule has 2 rings (SSSR count). The summed E-state index contributed by atoms with van der Waals surface area (Å²) < 4.78 is 0. The van der Waals surface area contributed by atoms with Crippen LogP contribution in [0.15, 0.2) is 18.2 Å². The normalized spacial score (nSPS) is 23.8. The summed E-state index contributed by atoms with van der Waals surface area (Å²) in [6, 6.07) is 4.87. The Hall–Kier alpha value is -1.17. The molecule has 2 atom stereocenters. The minimum atomic E-state index is -0.367. The second-order valence-electron chi connectivity index (χ2n) is 5.53. The van der Waals surface area contributed by atoms with Crippen LogP contribution in [0.2, 0.25) is 5.02 Å². The average molecular weight is 298 g/mol. The van der Waals surface area contributed by atoms with E-state index in [0.29, 0.717) is 35.5 Å². The average Bonchev–Trinajstić information content (AvgIpc) is 2.42. The van der Waals surface area contributed by atoms with Crippen molar-refractivity contribution < 1.29 is 4.92 Å². The van der Waals surface area contributed by atoms with Gasteiger partial charge in [0, 0.05) is 29.7 Å². The van der Waals surface area contributed by atoms with Crippen LogP contribution in [0.1, 0.15) is 18.9 Å². The summed E-state index contributed by atoms with van der Waals surface area (Å²) in [4.78, 5) is 13.0. The van der Waals surface area contributed by atoms with Crippen LogP contribution < -0.4 is 5.73 Å². The molecule has 110 valence electrons. The molecule has 1 saturated heterocycles. The van der Waals surface area contributed by atoms with Crippen LogP contribution in [0.25, 0.3) is 0 Å². The molecule has 0 radical (unpaired) electrons. The van der Waals surface area contributed by atoms with Crippen LogP contribution in [0.3, 0.4) is 0 Å². The monoisotopic (exact) mass is 297 g/mol. The van der Waals surface area contributed by atoms with Crippen LogP contribution in [0.5, 0.6) is 0 Å². The van der Waals surface area contributed by atoms with Crippen molar-refractivity contribution in [1.29, 1.82) is 0 Å². The van der Waals surface area contributed by atoms with E-state index in [1.165, 1.54) is 6.07 Å². The first kappa shape index (κ1) is 15.2. The number of likely N-dealkylation sites (tertiary alicyclic amines) is 1. The van der Waals surface area contributed by atoms with Crippen molar-refractivity contribution in [3.8, 4) is 0 Å². The maximum atomic E-state index is 11.1. The number of rotatable bonds is 4. The zero-order chi connectivity index (χ0) is 14.7. The van der Waals surface area contributed by atoms with E-state index >= 15 is 0 Å². The van der Waals surface area contributed by atoms with E-state index in [2.05, 4.69) is 11.8 Å². The lowest BCUT2D eigenvalue weighted by Gasteiger charge is -2.36.